The van der Waals surface area contributed by atoms with Crippen molar-refractivity contribution in [3.63, 3.8) is 0 Å². The van der Waals surface area contributed by atoms with Crippen molar-refractivity contribution in [3.8, 4) is 6.07 Å². The maximum absolute atomic E-state index is 8.56. The van der Waals surface area contributed by atoms with E-state index in [1.165, 1.54) is 0 Å². The Morgan fingerprint density at radius 2 is 2.50 bits per heavy atom. The van der Waals surface area contributed by atoms with Gasteiger partial charge in [0.2, 0.25) is 0 Å². The Kier molecular flexibility index (Phi) is 2.13. The van der Waals surface area contributed by atoms with Gasteiger partial charge in [-0.3, -0.25) is 0 Å². The summed E-state index contributed by atoms with van der Waals surface area (Å²) in [4.78, 5) is 1.85. The number of nitriles is 1. The molecule has 0 aromatic heterocycles. The van der Waals surface area contributed by atoms with Crippen LogP contribution in [0, 0.1) is 11.3 Å². The fraction of sp³-hybridized carbons (Fsp3) is 0.286. The van der Waals surface area contributed by atoms with Crippen LogP contribution >= 0.6 is 15.9 Å². The molecule has 0 aromatic carbocycles. The summed E-state index contributed by atoms with van der Waals surface area (Å²) in [5.41, 5.74) is 0. The van der Waals surface area contributed by atoms with Crippen LogP contribution in [0.3, 0.4) is 0 Å². The van der Waals surface area contributed by atoms with Crippen LogP contribution in [0.4, 0.5) is 0 Å². The van der Waals surface area contributed by atoms with Crippen molar-refractivity contribution in [1.82, 2.24) is 4.90 Å². The van der Waals surface area contributed by atoms with Gasteiger partial charge in [-0.05, 0) is 28.1 Å². The first-order chi connectivity index (χ1) is 4.74. The van der Waals surface area contributed by atoms with E-state index >= 15 is 0 Å². The number of nitrogens with zero attached hydrogens (tertiary/aromatic N) is 2. The summed E-state index contributed by atoms with van der Waals surface area (Å²) in [6.07, 6.45) is 5.62. The van der Waals surface area contributed by atoms with E-state index in [0.717, 1.165) is 4.48 Å². The van der Waals surface area contributed by atoms with E-state index < -0.39 is 0 Å². The molecule has 10 heavy (non-hydrogen) atoms. The molecule has 2 nitrogen and oxygen atoms in total. The number of likely N-dealkylation sites (N-methyl/N-ethyl adjacent to an activating group) is 1. The molecule has 0 saturated heterocycles. The minimum atomic E-state index is -0.110. The van der Waals surface area contributed by atoms with Crippen LogP contribution < -0.4 is 0 Å². The fourth-order valence-corrected chi connectivity index (χ4v) is 1.25. The number of halogens is 1. The molecule has 1 rings (SSSR count). The Labute approximate surface area is 68.6 Å². The second-order valence-electron chi connectivity index (χ2n) is 2.11. The quantitative estimate of drug-likeness (QED) is 0.592. The molecule has 0 fully saturated rings. The highest BCUT2D eigenvalue weighted by Crippen LogP contribution is 2.15. The van der Waals surface area contributed by atoms with Gasteiger partial charge in [0.1, 0.15) is 6.04 Å². The van der Waals surface area contributed by atoms with Gasteiger partial charge in [0.05, 0.1) is 6.07 Å². The SMILES string of the molecule is CN1C=C(Br)C=CC1C#N. The molecule has 1 unspecified atom stereocenters. The molecule has 0 amide bonds. The molecular weight excluding hydrogens is 192 g/mol. The van der Waals surface area contributed by atoms with Crippen molar-refractivity contribution in [2.45, 2.75) is 6.04 Å². The summed E-state index contributed by atoms with van der Waals surface area (Å²) in [6, 6.07) is 2.04. The molecule has 0 aromatic rings. The van der Waals surface area contributed by atoms with Crippen molar-refractivity contribution in [1.29, 1.82) is 5.26 Å². The molecule has 1 heterocycles. The second kappa shape index (κ2) is 2.89. The minimum absolute atomic E-state index is 0.110. The average molecular weight is 199 g/mol. The first-order valence-corrected chi connectivity index (χ1v) is 3.70. The van der Waals surface area contributed by atoms with Gasteiger partial charge < -0.3 is 4.90 Å². The summed E-state index contributed by atoms with van der Waals surface area (Å²) in [5, 5.41) is 8.56. The molecule has 3 heteroatoms. The van der Waals surface area contributed by atoms with E-state index in [4.69, 9.17) is 5.26 Å². The van der Waals surface area contributed by atoms with E-state index in [1.807, 2.05) is 30.3 Å². The maximum atomic E-state index is 8.56. The summed E-state index contributed by atoms with van der Waals surface area (Å²) in [5.74, 6) is 0. The lowest BCUT2D eigenvalue weighted by Crippen LogP contribution is -2.25. The Morgan fingerprint density at radius 1 is 1.80 bits per heavy atom. The molecule has 0 aliphatic carbocycles. The Bertz CT molecular complexity index is 224. The van der Waals surface area contributed by atoms with E-state index in [9.17, 15) is 0 Å². The van der Waals surface area contributed by atoms with Gasteiger partial charge in [0.15, 0.2) is 0 Å². The lowest BCUT2D eigenvalue weighted by Gasteiger charge is -2.20. The topological polar surface area (TPSA) is 27.0 Å². The summed E-state index contributed by atoms with van der Waals surface area (Å²) in [7, 11) is 1.87. The number of hydrogen-bond acceptors (Lipinski definition) is 2. The predicted octanol–water partition coefficient (Wildman–Crippen LogP) is 1.62. The van der Waals surface area contributed by atoms with Crippen LogP contribution in [0.1, 0.15) is 0 Å². The third kappa shape index (κ3) is 1.39. The largest absolute Gasteiger partial charge is 0.361 e. The Balaban J connectivity index is 2.76. The molecule has 0 bridgehead atoms. The Morgan fingerprint density at radius 3 is 3.00 bits per heavy atom. The van der Waals surface area contributed by atoms with Crippen molar-refractivity contribution in [2.75, 3.05) is 7.05 Å². The molecule has 0 spiro atoms. The van der Waals surface area contributed by atoms with Crippen LogP contribution in [-0.4, -0.2) is 18.0 Å². The first kappa shape index (κ1) is 7.36. The molecule has 1 aliphatic rings. The smallest absolute Gasteiger partial charge is 0.135 e. The van der Waals surface area contributed by atoms with Crippen molar-refractivity contribution in [3.05, 3.63) is 22.8 Å². The van der Waals surface area contributed by atoms with Gasteiger partial charge in [0.25, 0.3) is 0 Å². The first-order valence-electron chi connectivity index (χ1n) is 2.91. The van der Waals surface area contributed by atoms with E-state index in [0.29, 0.717) is 0 Å². The van der Waals surface area contributed by atoms with Crippen molar-refractivity contribution in [2.24, 2.45) is 0 Å². The molecular formula is C7H7BrN2. The highest BCUT2D eigenvalue weighted by Gasteiger charge is 2.09. The average Bonchev–Trinajstić information content (AvgIpc) is 1.88. The van der Waals surface area contributed by atoms with Crippen LogP contribution in [0.15, 0.2) is 22.8 Å². The van der Waals surface area contributed by atoms with E-state index in [2.05, 4.69) is 22.0 Å². The normalized spacial score (nSPS) is 23.9. The van der Waals surface area contributed by atoms with Gasteiger partial charge >= 0.3 is 0 Å². The van der Waals surface area contributed by atoms with Gasteiger partial charge in [-0.1, -0.05) is 0 Å². The van der Waals surface area contributed by atoms with E-state index in [-0.39, 0.29) is 6.04 Å². The van der Waals surface area contributed by atoms with Gasteiger partial charge in [-0.25, -0.2) is 0 Å². The zero-order chi connectivity index (χ0) is 7.56. The van der Waals surface area contributed by atoms with Crippen LogP contribution in [0.2, 0.25) is 0 Å². The molecule has 1 aliphatic heterocycles. The monoisotopic (exact) mass is 198 g/mol. The lowest BCUT2D eigenvalue weighted by molar-refractivity contribution is 0.440. The zero-order valence-electron chi connectivity index (χ0n) is 5.58. The predicted molar refractivity (Wildman–Crippen MR) is 43.3 cm³/mol. The minimum Gasteiger partial charge on any atom is -0.361 e. The third-order valence-corrected chi connectivity index (χ3v) is 1.80. The summed E-state index contributed by atoms with van der Waals surface area (Å²) >= 11 is 3.31. The van der Waals surface area contributed by atoms with Crippen molar-refractivity contribution < 1.29 is 0 Å². The maximum Gasteiger partial charge on any atom is 0.135 e. The number of rotatable bonds is 0. The third-order valence-electron chi connectivity index (χ3n) is 1.34. The summed E-state index contributed by atoms with van der Waals surface area (Å²) in [6.45, 7) is 0. The number of allylic oxidation sites excluding steroid dienone is 2. The molecule has 0 saturated carbocycles. The van der Waals surface area contributed by atoms with Gasteiger partial charge in [-0.2, -0.15) is 5.26 Å². The Hall–Kier alpha value is -0.750. The molecule has 0 N–H and O–H groups in total. The van der Waals surface area contributed by atoms with Crippen LogP contribution in [0.25, 0.3) is 0 Å². The highest BCUT2D eigenvalue weighted by atomic mass is 79.9. The second-order valence-corrected chi connectivity index (χ2v) is 3.03. The lowest BCUT2D eigenvalue weighted by atomic mass is 10.2. The number of hydrogen-bond donors (Lipinski definition) is 0. The zero-order valence-corrected chi connectivity index (χ0v) is 7.17. The van der Waals surface area contributed by atoms with Gasteiger partial charge in [0, 0.05) is 17.7 Å². The van der Waals surface area contributed by atoms with Crippen LogP contribution in [0.5, 0.6) is 0 Å². The molecule has 0 radical (unpaired) electrons. The van der Waals surface area contributed by atoms with Crippen LogP contribution in [-0.2, 0) is 0 Å². The molecule has 52 valence electrons. The van der Waals surface area contributed by atoms with Crippen molar-refractivity contribution >= 4 is 15.9 Å². The standard InChI is InChI=1S/C7H7BrN2/c1-10-5-6(8)2-3-7(10)4-9/h2-3,5,7H,1H3. The summed E-state index contributed by atoms with van der Waals surface area (Å²) < 4.78 is 1.00. The van der Waals surface area contributed by atoms with Gasteiger partial charge in [-0.15, -0.1) is 0 Å². The highest BCUT2D eigenvalue weighted by molar-refractivity contribution is 9.11. The van der Waals surface area contributed by atoms with E-state index in [1.54, 1.807) is 0 Å². The fourth-order valence-electron chi connectivity index (χ4n) is 0.771. The molecule has 1 atom stereocenters.